The minimum Gasteiger partial charge on any atom is -0.442 e. The fraction of sp³-hybridized carbons (Fsp3) is 0.500. The summed E-state index contributed by atoms with van der Waals surface area (Å²) in [6, 6.07) is 5.88. The Hall–Kier alpha value is -1.62. The van der Waals surface area contributed by atoms with Gasteiger partial charge in [0.25, 0.3) is 0 Å². The average Bonchev–Trinajstić information content (AvgIpc) is 2.75. The number of ether oxygens (including phenoxy) is 1. The zero-order valence-corrected chi connectivity index (χ0v) is 11.4. The first-order valence-corrected chi connectivity index (χ1v) is 6.27. The monoisotopic (exact) mass is 267 g/mol. The Bertz CT molecular complexity index is 470. The fourth-order valence-electron chi connectivity index (χ4n) is 1.97. The van der Waals surface area contributed by atoms with Gasteiger partial charge in [-0.15, -0.1) is 0 Å². The van der Waals surface area contributed by atoms with E-state index in [0.717, 1.165) is 0 Å². The van der Waals surface area contributed by atoms with Crippen molar-refractivity contribution in [1.82, 2.24) is 5.06 Å². The molecule has 19 heavy (non-hydrogen) atoms. The molecular weight excluding hydrogens is 249 g/mol. The summed E-state index contributed by atoms with van der Waals surface area (Å²) in [5.41, 5.74) is 0.124. The average molecular weight is 267 g/mol. The highest BCUT2D eigenvalue weighted by Crippen LogP contribution is 2.31. The van der Waals surface area contributed by atoms with Gasteiger partial charge in [0.05, 0.1) is 12.6 Å². The van der Waals surface area contributed by atoms with Gasteiger partial charge in [-0.3, -0.25) is 4.84 Å². The molecule has 1 saturated heterocycles. The Morgan fingerprint density at radius 1 is 1.47 bits per heavy atom. The van der Waals surface area contributed by atoms with Crippen molar-refractivity contribution in [2.45, 2.75) is 38.8 Å². The molecule has 1 fully saturated rings. The highest BCUT2D eigenvalue weighted by molar-refractivity contribution is 5.67. The quantitative estimate of drug-likeness (QED) is 0.782. The van der Waals surface area contributed by atoms with Crippen molar-refractivity contribution in [3.8, 4) is 0 Å². The zero-order chi connectivity index (χ0) is 14.0. The highest BCUT2D eigenvalue weighted by Gasteiger charge is 2.34. The number of carbonyl (C=O) groups is 1. The molecule has 104 valence electrons. The van der Waals surface area contributed by atoms with Gasteiger partial charge >= 0.3 is 6.09 Å². The molecule has 1 amide bonds. The van der Waals surface area contributed by atoms with E-state index >= 15 is 0 Å². The number of amides is 1. The van der Waals surface area contributed by atoms with Gasteiger partial charge < -0.3 is 4.74 Å². The van der Waals surface area contributed by atoms with Crippen molar-refractivity contribution in [1.29, 1.82) is 0 Å². The minimum atomic E-state index is -0.588. The molecule has 1 aromatic carbocycles. The van der Waals surface area contributed by atoms with Gasteiger partial charge in [-0.25, -0.2) is 9.18 Å². The Morgan fingerprint density at radius 3 is 2.84 bits per heavy atom. The van der Waals surface area contributed by atoms with E-state index in [9.17, 15) is 9.18 Å². The topological polar surface area (TPSA) is 38.8 Å². The Morgan fingerprint density at radius 2 is 2.21 bits per heavy atom. The number of hydroxylamine groups is 2. The van der Waals surface area contributed by atoms with Gasteiger partial charge in [0, 0.05) is 6.42 Å². The van der Waals surface area contributed by atoms with Crippen molar-refractivity contribution < 1.29 is 18.8 Å². The van der Waals surface area contributed by atoms with Crippen molar-refractivity contribution in [2.75, 3.05) is 6.61 Å². The summed E-state index contributed by atoms with van der Waals surface area (Å²) in [5.74, 6) is -0.325. The van der Waals surface area contributed by atoms with Crippen molar-refractivity contribution >= 4 is 6.09 Å². The first-order chi connectivity index (χ1) is 8.87. The van der Waals surface area contributed by atoms with E-state index in [1.165, 1.54) is 17.2 Å². The molecule has 1 heterocycles. The number of hydrogen-bond donors (Lipinski definition) is 0. The van der Waals surface area contributed by atoms with Crippen LogP contribution in [0.3, 0.4) is 0 Å². The summed E-state index contributed by atoms with van der Waals surface area (Å²) >= 11 is 0. The Kier molecular flexibility index (Phi) is 3.75. The van der Waals surface area contributed by atoms with E-state index in [4.69, 9.17) is 9.57 Å². The second kappa shape index (κ2) is 5.17. The van der Waals surface area contributed by atoms with Crippen molar-refractivity contribution in [2.24, 2.45) is 0 Å². The third kappa shape index (κ3) is 3.44. The summed E-state index contributed by atoms with van der Waals surface area (Å²) in [7, 11) is 0. The van der Waals surface area contributed by atoms with Crippen LogP contribution >= 0.6 is 0 Å². The molecule has 0 aliphatic carbocycles. The summed E-state index contributed by atoms with van der Waals surface area (Å²) in [6.45, 7) is 5.79. The predicted molar refractivity (Wildman–Crippen MR) is 67.8 cm³/mol. The lowest BCUT2D eigenvalue weighted by Crippen LogP contribution is -2.35. The number of nitrogens with zero attached hydrogens (tertiary/aromatic N) is 1. The minimum absolute atomic E-state index is 0.300. The van der Waals surface area contributed by atoms with E-state index in [1.807, 2.05) is 0 Å². The molecule has 0 bridgehead atoms. The first kappa shape index (κ1) is 13.8. The molecule has 1 atom stereocenters. The van der Waals surface area contributed by atoms with Crippen LogP contribution in [0.15, 0.2) is 24.3 Å². The first-order valence-electron chi connectivity index (χ1n) is 6.27. The van der Waals surface area contributed by atoms with Gasteiger partial charge in [0.15, 0.2) is 0 Å². The van der Waals surface area contributed by atoms with Crippen LogP contribution in [0.25, 0.3) is 0 Å². The second-order valence-electron chi connectivity index (χ2n) is 5.50. The number of rotatable bonds is 1. The normalized spacial score (nSPS) is 19.6. The van der Waals surface area contributed by atoms with E-state index in [-0.39, 0.29) is 11.9 Å². The fourth-order valence-corrected chi connectivity index (χ4v) is 1.97. The largest absolute Gasteiger partial charge is 0.442 e. The van der Waals surface area contributed by atoms with Gasteiger partial charge in [0.1, 0.15) is 11.4 Å². The lowest BCUT2D eigenvalue weighted by atomic mass is 10.0. The number of carbonyl (C=O) groups excluding carboxylic acids is 1. The molecule has 0 radical (unpaired) electrons. The maximum Gasteiger partial charge on any atom is 0.435 e. The summed E-state index contributed by atoms with van der Waals surface area (Å²) in [5, 5.41) is 1.19. The lowest BCUT2D eigenvalue weighted by Gasteiger charge is -2.27. The molecule has 0 unspecified atom stereocenters. The summed E-state index contributed by atoms with van der Waals surface area (Å²) in [6.07, 6.45) is 0.0853. The van der Waals surface area contributed by atoms with Crippen LogP contribution in [0, 0.1) is 5.82 Å². The van der Waals surface area contributed by atoms with E-state index in [1.54, 1.807) is 32.9 Å². The molecule has 1 aliphatic heterocycles. The van der Waals surface area contributed by atoms with Crippen molar-refractivity contribution in [3.63, 3.8) is 0 Å². The van der Waals surface area contributed by atoms with Crippen LogP contribution in [0.5, 0.6) is 0 Å². The maximum absolute atomic E-state index is 13.2. The maximum atomic E-state index is 13.2. The standard InChI is InChI=1S/C14H18FNO3/c1-14(2,3)19-13(17)16-12(7-8-18-16)10-5-4-6-11(15)9-10/h4-6,9,12H,7-8H2,1-3H3/t12-/m1/s1. The molecule has 2 rings (SSSR count). The molecule has 0 N–H and O–H groups in total. The number of hydrogen-bond acceptors (Lipinski definition) is 3. The van der Waals surface area contributed by atoms with Crippen molar-refractivity contribution in [3.05, 3.63) is 35.6 Å². The number of benzene rings is 1. The molecule has 1 aliphatic rings. The number of halogens is 1. The van der Waals surface area contributed by atoms with Gasteiger partial charge in [-0.1, -0.05) is 12.1 Å². The predicted octanol–water partition coefficient (Wildman–Crippen LogP) is 3.44. The molecule has 5 heteroatoms. The zero-order valence-electron chi connectivity index (χ0n) is 11.4. The van der Waals surface area contributed by atoms with E-state index in [2.05, 4.69) is 0 Å². The van der Waals surface area contributed by atoms with Crippen LogP contribution in [0.4, 0.5) is 9.18 Å². The van der Waals surface area contributed by atoms with Crippen LogP contribution < -0.4 is 0 Å². The third-order valence-electron chi connectivity index (χ3n) is 2.71. The molecule has 1 aromatic rings. The van der Waals surface area contributed by atoms with Crippen LogP contribution in [-0.2, 0) is 9.57 Å². The summed E-state index contributed by atoms with van der Waals surface area (Å²) < 4.78 is 18.5. The van der Waals surface area contributed by atoms with E-state index in [0.29, 0.717) is 18.6 Å². The van der Waals surface area contributed by atoms with Crippen LogP contribution in [0.1, 0.15) is 38.8 Å². The lowest BCUT2D eigenvalue weighted by molar-refractivity contribution is -0.125. The third-order valence-corrected chi connectivity index (χ3v) is 2.71. The van der Waals surface area contributed by atoms with Gasteiger partial charge in [-0.2, -0.15) is 5.06 Å². The molecular formula is C14H18FNO3. The Balaban J connectivity index is 2.15. The van der Waals surface area contributed by atoms with E-state index < -0.39 is 11.7 Å². The molecule has 4 nitrogen and oxygen atoms in total. The van der Waals surface area contributed by atoms with Crippen LogP contribution in [-0.4, -0.2) is 23.4 Å². The molecule has 0 aromatic heterocycles. The van der Waals surface area contributed by atoms with Gasteiger partial charge in [-0.05, 0) is 38.5 Å². The Labute approximate surface area is 112 Å². The summed E-state index contributed by atoms with van der Waals surface area (Å²) in [4.78, 5) is 17.3. The SMILES string of the molecule is CC(C)(C)OC(=O)N1OCC[C@@H]1c1cccc(F)c1. The van der Waals surface area contributed by atoms with Crippen LogP contribution in [0.2, 0.25) is 0 Å². The molecule has 0 saturated carbocycles. The molecule has 0 spiro atoms. The second-order valence-corrected chi connectivity index (χ2v) is 5.50. The van der Waals surface area contributed by atoms with Gasteiger partial charge in [0.2, 0.25) is 0 Å². The highest BCUT2D eigenvalue weighted by atomic mass is 19.1. The smallest absolute Gasteiger partial charge is 0.435 e.